The molecule has 0 aromatic heterocycles. The number of hydrogen-bond acceptors (Lipinski definition) is 2. The maximum atomic E-state index is 12.3. The molecule has 1 aromatic carbocycles. The number of carbonyl (C=O) groups is 2. The minimum Gasteiger partial charge on any atom is -0.342 e. The highest BCUT2D eigenvalue weighted by molar-refractivity contribution is 14.1. The zero-order valence-electron chi connectivity index (χ0n) is 11.5. The molecule has 0 heterocycles. The fourth-order valence-corrected chi connectivity index (χ4v) is 2.41. The lowest BCUT2D eigenvalue weighted by Gasteiger charge is -2.23. The average Bonchev–Trinajstić information content (AvgIpc) is 2.39. The molecule has 0 aliphatic rings. The molecule has 0 fully saturated rings. The third-order valence-corrected chi connectivity index (χ3v) is 3.88. The van der Waals surface area contributed by atoms with Crippen LogP contribution in [-0.2, 0) is 4.79 Å². The number of halogens is 1. The highest BCUT2D eigenvalue weighted by atomic mass is 127. The normalized spacial score (nSPS) is 10.1. The third-order valence-electron chi connectivity index (χ3n) is 2.94. The lowest BCUT2D eigenvalue weighted by molar-refractivity contribution is -0.131. The summed E-state index contributed by atoms with van der Waals surface area (Å²) in [7, 11) is 1.66. The van der Waals surface area contributed by atoms with Crippen molar-refractivity contribution in [2.24, 2.45) is 0 Å². The maximum Gasteiger partial charge on any atom is 0.255 e. The van der Waals surface area contributed by atoms with E-state index in [4.69, 9.17) is 0 Å². The van der Waals surface area contributed by atoms with Crippen molar-refractivity contribution in [2.45, 2.75) is 13.8 Å². The molecule has 4 nitrogen and oxygen atoms in total. The van der Waals surface area contributed by atoms with Crippen LogP contribution < -0.4 is 0 Å². The Bertz CT molecular complexity index is 459. The molecule has 1 aromatic rings. The summed E-state index contributed by atoms with van der Waals surface area (Å²) in [5, 5.41) is 0. The molecule has 0 saturated heterocycles. The van der Waals surface area contributed by atoms with Crippen LogP contribution in [0.15, 0.2) is 24.3 Å². The van der Waals surface area contributed by atoms with Crippen molar-refractivity contribution in [3.8, 4) is 0 Å². The van der Waals surface area contributed by atoms with Gasteiger partial charge in [-0.05, 0) is 48.6 Å². The summed E-state index contributed by atoms with van der Waals surface area (Å²) >= 11 is 2.13. The van der Waals surface area contributed by atoms with Crippen molar-refractivity contribution in [1.82, 2.24) is 9.80 Å². The molecule has 0 aliphatic heterocycles. The summed E-state index contributed by atoms with van der Waals surface area (Å²) in [5.74, 6) is -0.141. The fraction of sp³-hybridized carbons (Fsp3) is 0.429. The lowest BCUT2D eigenvalue weighted by Crippen LogP contribution is -2.41. The number of carbonyl (C=O) groups excluding carboxylic acids is 2. The van der Waals surface area contributed by atoms with E-state index in [0.29, 0.717) is 18.7 Å². The topological polar surface area (TPSA) is 40.6 Å². The van der Waals surface area contributed by atoms with Crippen LogP contribution in [0, 0.1) is 3.57 Å². The molecule has 1 rings (SSSR count). The van der Waals surface area contributed by atoms with Crippen molar-refractivity contribution in [2.75, 3.05) is 26.7 Å². The Morgan fingerprint density at radius 1 is 1.16 bits per heavy atom. The van der Waals surface area contributed by atoms with Crippen molar-refractivity contribution >= 4 is 34.4 Å². The highest BCUT2D eigenvalue weighted by Gasteiger charge is 2.19. The van der Waals surface area contributed by atoms with Gasteiger partial charge in [-0.25, -0.2) is 0 Å². The SMILES string of the molecule is CCN(CC)C(=O)CN(C)C(=O)c1ccccc1I. The second-order valence-electron chi connectivity index (χ2n) is 4.21. The Balaban J connectivity index is 2.74. The minimum atomic E-state index is -0.120. The van der Waals surface area contributed by atoms with Gasteiger partial charge in [-0.2, -0.15) is 0 Å². The molecule has 0 radical (unpaired) electrons. The van der Waals surface area contributed by atoms with Crippen LogP contribution in [0.5, 0.6) is 0 Å². The predicted octanol–water partition coefficient (Wildman–Crippen LogP) is 2.23. The molecule has 0 aliphatic carbocycles. The first-order valence-corrected chi connectivity index (χ1v) is 7.36. The molecule has 104 valence electrons. The van der Waals surface area contributed by atoms with Crippen molar-refractivity contribution in [1.29, 1.82) is 0 Å². The Labute approximate surface area is 127 Å². The van der Waals surface area contributed by atoms with Gasteiger partial charge in [0.25, 0.3) is 5.91 Å². The molecule has 0 saturated carbocycles. The van der Waals surface area contributed by atoms with E-state index in [1.165, 1.54) is 4.90 Å². The fourth-order valence-electron chi connectivity index (χ4n) is 1.79. The first-order chi connectivity index (χ1) is 9.01. The van der Waals surface area contributed by atoms with Crippen LogP contribution in [0.2, 0.25) is 0 Å². The third kappa shape index (κ3) is 4.19. The number of rotatable bonds is 5. The summed E-state index contributed by atoms with van der Waals surface area (Å²) in [5.41, 5.74) is 0.637. The van der Waals surface area contributed by atoms with Crippen molar-refractivity contribution in [3.05, 3.63) is 33.4 Å². The summed E-state index contributed by atoms with van der Waals surface area (Å²) in [6.07, 6.45) is 0. The van der Waals surface area contributed by atoms with Gasteiger partial charge in [-0.15, -0.1) is 0 Å². The van der Waals surface area contributed by atoms with Crippen molar-refractivity contribution < 1.29 is 9.59 Å². The number of benzene rings is 1. The van der Waals surface area contributed by atoms with Crippen LogP contribution in [0.3, 0.4) is 0 Å². The smallest absolute Gasteiger partial charge is 0.255 e. The van der Waals surface area contributed by atoms with Gasteiger partial charge < -0.3 is 9.80 Å². The second-order valence-corrected chi connectivity index (χ2v) is 5.37. The van der Waals surface area contributed by atoms with E-state index < -0.39 is 0 Å². The molecule has 0 bridgehead atoms. The van der Waals surface area contributed by atoms with E-state index in [1.807, 2.05) is 32.0 Å². The van der Waals surface area contributed by atoms with Gasteiger partial charge in [0.15, 0.2) is 0 Å². The zero-order chi connectivity index (χ0) is 14.4. The summed E-state index contributed by atoms with van der Waals surface area (Å²) in [6.45, 7) is 5.32. The number of hydrogen-bond donors (Lipinski definition) is 0. The van der Waals surface area contributed by atoms with Gasteiger partial charge in [-0.3, -0.25) is 9.59 Å². The molecule has 5 heteroatoms. The first-order valence-electron chi connectivity index (χ1n) is 6.29. The Kier molecular flexibility index (Phi) is 6.27. The molecule has 0 spiro atoms. The predicted molar refractivity (Wildman–Crippen MR) is 84.0 cm³/mol. The Hall–Kier alpha value is -1.11. The molecule has 0 unspecified atom stereocenters. The van der Waals surface area contributed by atoms with E-state index in [-0.39, 0.29) is 18.4 Å². The van der Waals surface area contributed by atoms with Gasteiger partial charge in [0.1, 0.15) is 0 Å². The van der Waals surface area contributed by atoms with Gasteiger partial charge in [0.05, 0.1) is 12.1 Å². The second kappa shape index (κ2) is 7.47. The molecule has 0 N–H and O–H groups in total. The molecular formula is C14H19IN2O2. The van der Waals surface area contributed by atoms with Gasteiger partial charge in [-0.1, -0.05) is 12.1 Å². The lowest BCUT2D eigenvalue weighted by atomic mass is 10.2. The number of amides is 2. The van der Waals surface area contributed by atoms with Crippen LogP contribution in [0.4, 0.5) is 0 Å². The van der Waals surface area contributed by atoms with Gasteiger partial charge >= 0.3 is 0 Å². The number of likely N-dealkylation sites (N-methyl/N-ethyl adjacent to an activating group) is 2. The quantitative estimate of drug-likeness (QED) is 0.742. The first kappa shape index (κ1) is 15.9. The van der Waals surface area contributed by atoms with Crippen LogP contribution in [0.25, 0.3) is 0 Å². The zero-order valence-corrected chi connectivity index (χ0v) is 13.7. The molecule has 0 atom stereocenters. The van der Waals surface area contributed by atoms with E-state index in [0.717, 1.165) is 3.57 Å². The minimum absolute atomic E-state index is 0.0215. The monoisotopic (exact) mass is 374 g/mol. The summed E-state index contributed by atoms with van der Waals surface area (Å²) < 4.78 is 0.896. The number of nitrogens with zero attached hydrogens (tertiary/aromatic N) is 2. The van der Waals surface area contributed by atoms with Crippen LogP contribution in [-0.4, -0.2) is 48.3 Å². The Morgan fingerprint density at radius 3 is 2.26 bits per heavy atom. The molecular weight excluding hydrogens is 355 g/mol. The Morgan fingerprint density at radius 2 is 1.74 bits per heavy atom. The molecule has 2 amide bonds. The van der Waals surface area contributed by atoms with Gasteiger partial charge in [0, 0.05) is 23.7 Å². The molecule has 19 heavy (non-hydrogen) atoms. The maximum absolute atomic E-state index is 12.3. The van der Waals surface area contributed by atoms with E-state index in [9.17, 15) is 9.59 Å². The van der Waals surface area contributed by atoms with Crippen LogP contribution in [0.1, 0.15) is 24.2 Å². The van der Waals surface area contributed by atoms with Gasteiger partial charge in [0.2, 0.25) is 5.91 Å². The average molecular weight is 374 g/mol. The largest absolute Gasteiger partial charge is 0.342 e. The standard InChI is InChI=1S/C14H19IN2O2/c1-4-17(5-2)13(18)10-16(3)14(19)11-8-6-7-9-12(11)15/h6-9H,4-5,10H2,1-3H3. The van der Waals surface area contributed by atoms with Crippen molar-refractivity contribution in [3.63, 3.8) is 0 Å². The van der Waals surface area contributed by atoms with E-state index in [1.54, 1.807) is 18.0 Å². The van der Waals surface area contributed by atoms with E-state index in [2.05, 4.69) is 22.6 Å². The summed E-state index contributed by atoms with van der Waals surface area (Å²) in [6, 6.07) is 7.38. The van der Waals surface area contributed by atoms with E-state index >= 15 is 0 Å². The highest BCUT2D eigenvalue weighted by Crippen LogP contribution is 2.13. The van der Waals surface area contributed by atoms with Crippen LogP contribution >= 0.6 is 22.6 Å². The summed E-state index contributed by atoms with van der Waals surface area (Å²) in [4.78, 5) is 27.4.